The van der Waals surface area contributed by atoms with Gasteiger partial charge in [0.25, 0.3) is 0 Å². The Morgan fingerprint density at radius 3 is 3.07 bits per heavy atom. The molecule has 1 aromatic carbocycles. The molecule has 0 N–H and O–H groups in total. The van der Waals surface area contributed by atoms with Crippen LogP contribution in [0.4, 0.5) is 0 Å². The lowest BCUT2D eigenvalue weighted by Gasteiger charge is -1.95. The third-order valence-corrected chi connectivity index (χ3v) is 3.47. The molecule has 0 aliphatic carbocycles. The quantitative estimate of drug-likeness (QED) is 0.808. The van der Waals surface area contributed by atoms with Crippen molar-refractivity contribution in [3.8, 4) is 10.6 Å². The predicted molar refractivity (Wildman–Crippen MR) is 65.0 cm³/mol. The minimum atomic E-state index is 0.450. The average molecular weight is 282 g/mol. The van der Waals surface area contributed by atoms with Gasteiger partial charge in [-0.15, -0.1) is 11.3 Å². The van der Waals surface area contributed by atoms with Crippen LogP contribution < -0.4 is 0 Å². The molecule has 0 unspecified atom stereocenters. The summed E-state index contributed by atoms with van der Waals surface area (Å²) in [5, 5.41) is 0.952. The van der Waals surface area contributed by atoms with E-state index in [4.69, 9.17) is 0 Å². The number of hydrogen-bond acceptors (Lipinski definition) is 3. The van der Waals surface area contributed by atoms with Gasteiger partial charge in [-0.1, -0.05) is 28.1 Å². The average Bonchev–Trinajstić information content (AvgIpc) is 2.67. The van der Waals surface area contributed by atoms with Gasteiger partial charge in [0.1, 0.15) is 11.3 Å². The molecule has 4 heteroatoms. The van der Waals surface area contributed by atoms with Gasteiger partial charge in [0.05, 0.1) is 0 Å². The molecule has 0 bridgehead atoms. The summed E-state index contributed by atoms with van der Waals surface area (Å²) in [5.74, 6) is 0. The zero-order chi connectivity index (χ0) is 10.7. The normalized spacial score (nSPS) is 10.2. The van der Waals surface area contributed by atoms with E-state index in [1.807, 2.05) is 24.3 Å². The molecule has 2 nitrogen and oxygen atoms in total. The first-order chi connectivity index (χ1) is 7.29. The van der Waals surface area contributed by atoms with E-state index < -0.39 is 0 Å². The van der Waals surface area contributed by atoms with Gasteiger partial charge in [-0.25, -0.2) is 4.98 Å². The van der Waals surface area contributed by atoms with Gasteiger partial charge in [0.15, 0.2) is 0 Å². The fourth-order valence-corrected chi connectivity index (χ4v) is 2.49. The van der Waals surface area contributed by atoms with E-state index in [2.05, 4.69) is 20.9 Å². The Kier molecular flexibility index (Phi) is 3.28. The van der Waals surface area contributed by atoms with E-state index in [-0.39, 0.29) is 0 Å². The van der Waals surface area contributed by atoms with E-state index in [0.29, 0.717) is 6.42 Å². The van der Waals surface area contributed by atoms with Crippen molar-refractivity contribution in [1.82, 2.24) is 4.98 Å². The predicted octanol–water partition coefficient (Wildman–Crippen LogP) is 3.31. The smallest absolute Gasteiger partial charge is 0.125 e. The lowest BCUT2D eigenvalue weighted by Crippen LogP contribution is -1.76. The first-order valence-electron chi connectivity index (χ1n) is 4.44. The van der Waals surface area contributed by atoms with Crippen LogP contribution in [0.5, 0.6) is 0 Å². The fourth-order valence-electron chi connectivity index (χ4n) is 1.24. The van der Waals surface area contributed by atoms with Crippen LogP contribution in [0, 0.1) is 0 Å². The van der Waals surface area contributed by atoms with Gasteiger partial charge >= 0.3 is 0 Å². The van der Waals surface area contributed by atoms with Crippen molar-refractivity contribution in [2.75, 3.05) is 0 Å². The summed E-state index contributed by atoms with van der Waals surface area (Å²) in [6.45, 7) is 0. The molecule has 0 atom stereocenters. The van der Waals surface area contributed by atoms with E-state index >= 15 is 0 Å². The van der Waals surface area contributed by atoms with Crippen molar-refractivity contribution >= 4 is 33.6 Å². The lowest BCUT2D eigenvalue weighted by molar-refractivity contribution is -0.107. The summed E-state index contributed by atoms with van der Waals surface area (Å²) < 4.78 is 1.03. The molecular formula is C11H8BrNOS. The first-order valence-corrected chi connectivity index (χ1v) is 6.05. The minimum Gasteiger partial charge on any atom is -0.303 e. The van der Waals surface area contributed by atoms with E-state index in [9.17, 15) is 4.79 Å². The van der Waals surface area contributed by atoms with Crippen LogP contribution in [0.3, 0.4) is 0 Å². The molecular weight excluding hydrogens is 274 g/mol. The summed E-state index contributed by atoms with van der Waals surface area (Å²) in [6.07, 6.45) is 3.11. The summed E-state index contributed by atoms with van der Waals surface area (Å²) in [6, 6.07) is 7.97. The van der Waals surface area contributed by atoms with Crippen LogP contribution in [0.2, 0.25) is 0 Å². The second kappa shape index (κ2) is 4.68. The number of aromatic nitrogens is 1. The Morgan fingerprint density at radius 2 is 2.33 bits per heavy atom. The number of benzene rings is 1. The van der Waals surface area contributed by atoms with Crippen LogP contribution in [0.1, 0.15) is 4.88 Å². The van der Waals surface area contributed by atoms with E-state index in [1.165, 1.54) is 0 Å². The monoisotopic (exact) mass is 281 g/mol. The third-order valence-electron chi connectivity index (χ3n) is 1.91. The Hall–Kier alpha value is -1.000. The SMILES string of the molecule is O=CCc1cnc(-c2cccc(Br)c2)s1. The van der Waals surface area contributed by atoms with Crippen molar-refractivity contribution in [3.63, 3.8) is 0 Å². The fraction of sp³-hybridized carbons (Fsp3) is 0.0909. The lowest BCUT2D eigenvalue weighted by atomic mass is 10.2. The Labute approximate surface area is 100 Å². The number of nitrogens with zero attached hydrogens (tertiary/aromatic N) is 1. The van der Waals surface area contributed by atoms with Gasteiger partial charge in [0, 0.05) is 27.5 Å². The molecule has 2 rings (SSSR count). The molecule has 0 fully saturated rings. The molecule has 76 valence electrons. The number of carbonyl (C=O) groups excluding carboxylic acids is 1. The number of hydrogen-bond donors (Lipinski definition) is 0. The van der Waals surface area contributed by atoms with Gasteiger partial charge in [-0.2, -0.15) is 0 Å². The highest BCUT2D eigenvalue weighted by Gasteiger charge is 2.04. The van der Waals surface area contributed by atoms with Crippen molar-refractivity contribution in [1.29, 1.82) is 0 Å². The molecule has 0 spiro atoms. The topological polar surface area (TPSA) is 30.0 Å². The molecule has 0 aliphatic rings. The number of carbonyl (C=O) groups is 1. The van der Waals surface area contributed by atoms with Crippen molar-refractivity contribution in [3.05, 3.63) is 39.8 Å². The maximum atomic E-state index is 10.3. The third kappa shape index (κ3) is 2.52. The van der Waals surface area contributed by atoms with Crippen LogP contribution >= 0.6 is 27.3 Å². The standard InChI is InChI=1S/C11H8BrNOS/c12-9-3-1-2-8(6-9)11-13-7-10(15-11)4-5-14/h1-3,5-7H,4H2. The number of rotatable bonds is 3. The molecule has 0 saturated carbocycles. The Balaban J connectivity index is 2.32. The highest BCUT2D eigenvalue weighted by Crippen LogP contribution is 2.27. The largest absolute Gasteiger partial charge is 0.303 e. The van der Waals surface area contributed by atoms with Crippen LogP contribution in [0.15, 0.2) is 34.9 Å². The van der Waals surface area contributed by atoms with Gasteiger partial charge in [-0.3, -0.25) is 0 Å². The molecule has 2 aromatic rings. The Morgan fingerprint density at radius 1 is 1.47 bits per heavy atom. The summed E-state index contributed by atoms with van der Waals surface area (Å²) in [4.78, 5) is 15.6. The second-order valence-corrected chi connectivity index (χ2v) is 5.04. The molecule has 0 radical (unpaired) electrons. The van der Waals surface area contributed by atoms with E-state index in [1.54, 1.807) is 17.5 Å². The molecule has 0 saturated heterocycles. The maximum Gasteiger partial charge on any atom is 0.125 e. The van der Waals surface area contributed by atoms with Crippen LogP contribution in [-0.4, -0.2) is 11.3 Å². The number of halogens is 1. The van der Waals surface area contributed by atoms with Crippen LogP contribution in [-0.2, 0) is 11.2 Å². The van der Waals surface area contributed by atoms with E-state index in [0.717, 1.165) is 26.2 Å². The van der Waals surface area contributed by atoms with Crippen molar-refractivity contribution in [2.24, 2.45) is 0 Å². The van der Waals surface area contributed by atoms with Gasteiger partial charge < -0.3 is 4.79 Å². The summed E-state index contributed by atoms with van der Waals surface area (Å²) in [5.41, 5.74) is 1.08. The molecule has 1 aromatic heterocycles. The summed E-state index contributed by atoms with van der Waals surface area (Å²) in [7, 11) is 0. The van der Waals surface area contributed by atoms with Crippen molar-refractivity contribution in [2.45, 2.75) is 6.42 Å². The molecule has 1 heterocycles. The van der Waals surface area contributed by atoms with Crippen molar-refractivity contribution < 1.29 is 4.79 Å². The zero-order valence-corrected chi connectivity index (χ0v) is 10.2. The Bertz CT molecular complexity index is 481. The highest BCUT2D eigenvalue weighted by molar-refractivity contribution is 9.10. The zero-order valence-electron chi connectivity index (χ0n) is 7.81. The molecule has 0 aliphatic heterocycles. The molecule has 0 amide bonds. The maximum absolute atomic E-state index is 10.3. The highest BCUT2D eigenvalue weighted by atomic mass is 79.9. The minimum absolute atomic E-state index is 0.450. The second-order valence-electron chi connectivity index (χ2n) is 3.01. The number of aldehydes is 1. The van der Waals surface area contributed by atoms with Gasteiger partial charge in [-0.05, 0) is 12.1 Å². The number of thiazole rings is 1. The summed E-state index contributed by atoms with van der Waals surface area (Å²) >= 11 is 4.97. The van der Waals surface area contributed by atoms with Crippen LogP contribution in [0.25, 0.3) is 10.6 Å². The molecule has 15 heavy (non-hydrogen) atoms. The first kappa shape index (κ1) is 10.5. The van der Waals surface area contributed by atoms with Gasteiger partial charge in [0.2, 0.25) is 0 Å².